The van der Waals surface area contributed by atoms with Gasteiger partial charge in [0.15, 0.2) is 5.82 Å². The van der Waals surface area contributed by atoms with E-state index in [-0.39, 0.29) is 35.1 Å². The number of allylic oxidation sites excluding steroid dienone is 1. The minimum atomic E-state index is -3.06. The van der Waals surface area contributed by atoms with Gasteiger partial charge in [0, 0.05) is 74.8 Å². The van der Waals surface area contributed by atoms with Crippen molar-refractivity contribution in [3.63, 3.8) is 0 Å². The van der Waals surface area contributed by atoms with Gasteiger partial charge in [-0.2, -0.15) is 13.9 Å². The summed E-state index contributed by atoms with van der Waals surface area (Å²) in [6.45, 7) is 0.402. The van der Waals surface area contributed by atoms with Gasteiger partial charge in [-0.25, -0.2) is 10.0 Å². The first-order valence-corrected chi connectivity index (χ1v) is 16.6. The molecule has 244 valence electrons. The molecule has 6 aliphatic rings. The zero-order chi connectivity index (χ0) is 31.9. The van der Waals surface area contributed by atoms with Gasteiger partial charge in [-0.15, -0.1) is 11.8 Å². The molecule has 2 aromatic rings. The second kappa shape index (κ2) is 12.8. The average molecular weight is 655 g/mol. The number of carbonyl (C=O) groups excluding carboxylic acids is 2. The zero-order valence-corrected chi connectivity index (χ0v) is 26.5. The van der Waals surface area contributed by atoms with E-state index in [1.165, 1.54) is 22.5 Å². The number of piperidine rings is 2. The highest BCUT2D eigenvalue weighted by molar-refractivity contribution is 7.98. The maximum absolute atomic E-state index is 13.6. The normalized spacial score (nSPS) is 23.2. The Morgan fingerprint density at radius 1 is 1.20 bits per heavy atom. The van der Waals surface area contributed by atoms with E-state index in [9.17, 15) is 18.4 Å². The molecule has 4 saturated heterocycles. The molecule has 12 nitrogen and oxygen atoms in total. The molecule has 2 unspecified atom stereocenters. The Hall–Kier alpha value is -3.79. The van der Waals surface area contributed by atoms with Gasteiger partial charge in [-0.05, 0) is 43.4 Å². The number of thioether (sulfide) groups is 1. The van der Waals surface area contributed by atoms with Crippen LogP contribution in [0.3, 0.4) is 0 Å². The topological polar surface area (TPSA) is 108 Å². The van der Waals surface area contributed by atoms with E-state index in [4.69, 9.17) is 9.47 Å². The number of likely N-dealkylation sites (tertiary alicyclic amines) is 1. The van der Waals surface area contributed by atoms with E-state index >= 15 is 0 Å². The zero-order valence-electron chi connectivity index (χ0n) is 25.6. The molecule has 2 bridgehead atoms. The van der Waals surface area contributed by atoms with Crippen LogP contribution in [0, 0.1) is 0 Å². The van der Waals surface area contributed by atoms with Gasteiger partial charge >= 0.3 is 6.61 Å². The monoisotopic (exact) mass is 654 g/mol. The number of hydrogen-bond acceptors (Lipinski definition) is 10. The molecular weight excluding hydrogens is 618 g/mol. The molecule has 0 radical (unpaired) electrons. The number of halogens is 2. The number of morpholine rings is 1. The number of ether oxygens (including phenoxy) is 2. The number of anilines is 1. The minimum Gasteiger partial charge on any atom is -0.434 e. The Labute approximate surface area is 269 Å². The number of nitrogens with one attached hydrogen (secondary N) is 1. The fourth-order valence-corrected chi connectivity index (χ4v) is 7.26. The number of hydrazine groups is 1. The van der Waals surface area contributed by atoms with Crippen molar-refractivity contribution >= 4 is 35.5 Å². The molecule has 2 atom stereocenters. The lowest BCUT2D eigenvalue weighted by atomic mass is 9.94. The Balaban J connectivity index is 1.13. The van der Waals surface area contributed by atoms with Crippen molar-refractivity contribution in [2.24, 2.45) is 4.99 Å². The molecule has 1 aromatic heterocycles. The van der Waals surface area contributed by atoms with Gasteiger partial charge in [0.2, 0.25) is 5.91 Å². The van der Waals surface area contributed by atoms with E-state index in [0.717, 1.165) is 37.2 Å². The van der Waals surface area contributed by atoms with Crippen LogP contribution in [0.5, 0.6) is 5.75 Å². The van der Waals surface area contributed by atoms with E-state index in [1.807, 2.05) is 29.4 Å². The number of amides is 2. The predicted octanol–water partition coefficient (Wildman–Crippen LogP) is 3.25. The number of alkyl halides is 2. The van der Waals surface area contributed by atoms with Crippen LogP contribution >= 0.6 is 11.8 Å². The Bertz CT molecular complexity index is 1590. The molecule has 15 heteroatoms. The van der Waals surface area contributed by atoms with Crippen molar-refractivity contribution in [2.75, 3.05) is 51.3 Å². The van der Waals surface area contributed by atoms with Crippen molar-refractivity contribution < 1.29 is 27.8 Å². The van der Waals surface area contributed by atoms with Crippen molar-refractivity contribution in [1.82, 2.24) is 29.6 Å². The molecule has 0 aliphatic carbocycles. The quantitative estimate of drug-likeness (QED) is 0.408. The molecule has 1 N–H and O–H groups in total. The number of likely N-dealkylation sites (N-methyl/N-ethyl adjacent to an activating group) is 1. The summed E-state index contributed by atoms with van der Waals surface area (Å²) in [6, 6.07) is 5.27. The molecule has 8 rings (SSSR count). The molecule has 1 aromatic carbocycles. The lowest BCUT2D eigenvalue weighted by molar-refractivity contribution is -0.190. The third-order valence-corrected chi connectivity index (χ3v) is 9.84. The number of carbonyl (C=O) groups is 2. The smallest absolute Gasteiger partial charge is 0.387 e. The number of nitrogens with zero attached hydrogens (tertiary/aromatic N) is 7. The highest BCUT2D eigenvalue weighted by Gasteiger charge is 2.41. The molecule has 0 saturated carbocycles. The fourth-order valence-electron chi connectivity index (χ4n) is 6.82. The summed E-state index contributed by atoms with van der Waals surface area (Å²) >= 11 is 1.43. The molecule has 7 heterocycles. The van der Waals surface area contributed by atoms with Gasteiger partial charge in [0.25, 0.3) is 5.91 Å². The summed E-state index contributed by atoms with van der Waals surface area (Å²) in [6.07, 6.45) is 12.3. The summed E-state index contributed by atoms with van der Waals surface area (Å²) in [5.74, 6) is -0.101. The van der Waals surface area contributed by atoms with Gasteiger partial charge in [-0.3, -0.25) is 24.2 Å². The van der Waals surface area contributed by atoms with Crippen molar-refractivity contribution in [1.29, 1.82) is 0 Å². The Morgan fingerprint density at radius 3 is 2.67 bits per heavy atom. The van der Waals surface area contributed by atoms with Crippen LogP contribution in [-0.2, 0) is 20.9 Å². The highest BCUT2D eigenvalue weighted by atomic mass is 32.2. The second-order valence-electron chi connectivity index (χ2n) is 12.0. The summed E-state index contributed by atoms with van der Waals surface area (Å²) in [7, 11) is 1.84. The van der Waals surface area contributed by atoms with Crippen LogP contribution in [-0.4, -0.2) is 119 Å². The average Bonchev–Trinajstić information content (AvgIpc) is 3.60. The minimum absolute atomic E-state index is 0.0674. The third-order valence-electron chi connectivity index (χ3n) is 9.11. The van der Waals surface area contributed by atoms with Crippen LogP contribution in [0.1, 0.15) is 19.3 Å². The first kappa shape index (κ1) is 30.8. The van der Waals surface area contributed by atoms with E-state index in [0.29, 0.717) is 49.3 Å². The standard InChI is InChI=1S/C31H36F2N8O4S/c1-37-16-24(29-34-8-3-9-41(29)37)30(43)35-25-17-40(36-28(25)23-13-22(46-2)4-5-26(23)45-31(32)33)18-27(42)38-10-6-19(7-11-38)39-14-20-12-21(15-39)44-20/h3-5,8-9,13,17,19-21,31H,6-7,10-12,14-16,18H2,1-2H3,(H,35,43). The first-order valence-electron chi connectivity index (χ1n) is 15.4. The molecular formula is C31H36F2N8O4S. The number of fused-ring (bicyclic) bond motifs is 3. The Morgan fingerprint density at radius 2 is 1.96 bits per heavy atom. The summed E-state index contributed by atoms with van der Waals surface area (Å²) in [5.41, 5.74) is 1.20. The number of aliphatic imine (C=N–C) groups is 1. The van der Waals surface area contributed by atoms with E-state index in [1.54, 1.807) is 35.6 Å². The molecule has 4 fully saturated rings. The number of aromatic nitrogens is 2. The van der Waals surface area contributed by atoms with Crippen LogP contribution < -0.4 is 10.1 Å². The van der Waals surface area contributed by atoms with Gasteiger partial charge < -0.3 is 19.7 Å². The lowest BCUT2D eigenvalue weighted by Crippen LogP contribution is -2.61. The molecule has 2 amide bonds. The van der Waals surface area contributed by atoms with Gasteiger partial charge in [0.05, 0.1) is 30.0 Å². The van der Waals surface area contributed by atoms with E-state index < -0.39 is 12.5 Å². The summed E-state index contributed by atoms with van der Waals surface area (Å²) < 4.78 is 39.0. The maximum atomic E-state index is 13.6. The Kier molecular flexibility index (Phi) is 8.57. The third kappa shape index (κ3) is 6.16. The lowest BCUT2D eigenvalue weighted by Gasteiger charge is -2.51. The second-order valence-corrected chi connectivity index (χ2v) is 12.9. The fraction of sp³-hybridized carbons (Fsp3) is 0.484. The van der Waals surface area contributed by atoms with Gasteiger partial charge in [-0.1, -0.05) is 0 Å². The van der Waals surface area contributed by atoms with Crippen LogP contribution in [0.15, 0.2) is 58.0 Å². The first-order chi connectivity index (χ1) is 22.2. The summed E-state index contributed by atoms with van der Waals surface area (Å²) in [4.78, 5) is 36.7. The maximum Gasteiger partial charge on any atom is 0.387 e. The van der Waals surface area contributed by atoms with Crippen molar-refractivity contribution in [3.8, 4) is 17.0 Å². The number of benzene rings is 1. The van der Waals surface area contributed by atoms with Crippen LogP contribution in [0.25, 0.3) is 11.3 Å². The predicted molar refractivity (Wildman–Crippen MR) is 168 cm³/mol. The highest BCUT2D eigenvalue weighted by Crippen LogP contribution is 2.38. The molecule has 0 spiro atoms. The largest absolute Gasteiger partial charge is 0.434 e. The van der Waals surface area contributed by atoms with Crippen molar-refractivity contribution in [2.45, 2.75) is 55.6 Å². The SMILES string of the molecule is CSc1ccc(OC(F)F)c(-c2nn(CC(=O)N3CCC(N4CC5CC(C4)O5)CC3)cc2NC(=O)C2=C3N=CC=CN3N(C)C2)c1. The van der Waals surface area contributed by atoms with Gasteiger partial charge in [0.1, 0.15) is 18.0 Å². The van der Waals surface area contributed by atoms with E-state index in [2.05, 4.69) is 20.3 Å². The van der Waals surface area contributed by atoms with Crippen LogP contribution in [0.4, 0.5) is 14.5 Å². The molecule has 46 heavy (non-hydrogen) atoms. The molecule has 6 aliphatic heterocycles. The number of rotatable bonds is 9. The van der Waals surface area contributed by atoms with Crippen molar-refractivity contribution in [3.05, 3.63) is 48.1 Å². The number of hydrogen-bond donors (Lipinski definition) is 1. The summed E-state index contributed by atoms with van der Waals surface area (Å²) in [5, 5.41) is 11.2. The van der Waals surface area contributed by atoms with Crippen LogP contribution in [0.2, 0.25) is 0 Å².